The van der Waals surface area contributed by atoms with Crippen LogP contribution < -0.4 is 0 Å². The van der Waals surface area contributed by atoms with Crippen molar-refractivity contribution in [3.63, 3.8) is 0 Å². The Bertz CT molecular complexity index is 481. The number of hydrogen-bond acceptors (Lipinski definition) is 2. The van der Waals surface area contributed by atoms with Gasteiger partial charge in [0.25, 0.3) is 0 Å². The van der Waals surface area contributed by atoms with Gasteiger partial charge in [0.2, 0.25) is 5.91 Å². The van der Waals surface area contributed by atoms with E-state index >= 15 is 0 Å². The highest BCUT2D eigenvalue weighted by atomic mass is 79.9. The molecule has 0 aromatic heterocycles. The monoisotopic (exact) mass is 306 g/mol. The number of benzene rings is 1. The maximum Gasteiger partial charge on any atom is 0.223 e. The van der Waals surface area contributed by atoms with Crippen molar-refractivity contribution in [3.8, 4) is 6.07 Å². The van der Waals surface area contributed by atoms with E-state index in [4.69, 9.17) is 5.26 Å². The summed E-state index contributed by atoms with van der Waals surface area (Å²) >= 11 is 3.51. The Hall–Kier alpha value is -1.34. The zero-order valence-electron chi connectivity index (χ0n) is 10.1. The molecular formula is C14H15BrN2O. The van der Waals surface area contributed by atoms with E-state index in [9.17, 15) is 4.79 Å². The fraction of sp³-hybridized carbons (Fsp3) is 0.429. The van der Waals surface area contributed by atoms with Gasteiger partial charge in [0.1, 0.15) is 0 Å². The molecule has 1 amide bonds. The van der Waals surface area contributed by atoms with Crippen LogP contribution in [0.2, 0.25) is 0 Å². The predicted molar refractivity (Wildman–Crippen MR) is 72.8 cm³/mol. The summed E-state index contributed by atoms with van der Waals surface area (Å²) < 4.78 is 1.09. The highest BCUT2D eigenvalue weighted by Crippen LogP contribution is 2.20. The summed E-state index contributed by atoms with van der Waals surface area (Å²) in [5, 5.41) is 8.81. The number of carbonyl (C=O) groups is 1. The standard InChI is InChI=1S/C14H15BrN2O/c15-13-4-2-1-3-12(13)6-8-17-7-5-11(10-16)9-14(17)18/h1-4,11H,5-9H2. The second-order valence-electron chi connectivity index (χ2n) is 4.54. The molecule has 0 aliphatic carbocycles. The van der Waals surface area contributed by atoms with E-state index in [0.29, 0.717) is 13.0 Å². The van der Waals surface area contributed by atoms with Gasteiger partial charge >= 0.3 is 0 Å². The molecule has 18 heavy (non-hydrogen) atoms. The molecule has 1 atom stereocenters. The second kappa shape index (κ2) is 6.01. The van der Waals surface area contributed by atoms with Gasteiger partial charge in [-0.1, -0.05) is 34.1 Å². The molecule has 0 radical (unpaired) electrons. The number of likely N-dealkylation sites (tertiary alicyclic amines) is 1. The number of rotatable bonds is 3. The molecule has 0 N–H and O–H groups in total. The van der Waals surface area contributed by atoms with E-state index in [1.165, 1.54) is 5.56 Å². The molecule has 1 aromatic carbocycles. The minimum atomic E-state index is -0.0859. The molecule has 1 aliphatic heterocycles. The van der Waals surface area contributed by atoms with Crippen LogP contribution in [0, 0.1) is 17.2 Å². The number of nitrogens with zero attached hydrogens (tertiary/aromatic N) is 2. The average molecular weight is 307 g/mol. The molecule has 3 nitrogen and oxygen atoms in total. The minimum absolute atomic E-state index is 0.0859. The van der Waals surface area contributed by atoms with Crippen molar-refractivity contribution in [2.75, 3.05) is 13.1 Å². The van der Waals surface area contributed by atoms with Gasteiger partial charge < -0.3 is 4.90 Å². The summed E-state index contributed by atoms with van der Waals surface area (Å²) in [6.45, 7) is 1.45. The SMILES string of the molecule is N#CC1CCN(CCc2ccccc2Br)C(=O)C1. The Balaban J connectivity index is 1.90. The smallest absolute Gasteiger partial charge is 0.223 e. The highest BCUT2D eigenvalue weighted by Gasteiger charge is 2.25. The summed E-state index contributed by atoms with van der Waals surface area (Å²) in [7, 11) is 0. The molecule has 1 saturated heterocycles. The second-order valence-corrected chi connectivity index (χ2v) is 5.40. The maximum atomic E-state index is 11.8. The largest absolute Gasteiger partial charge is 0.342 e. The minimum Gasteiger partial charge on any atom is -0.342 e. The third kappa shape index (κ3) is 3.11. The van der Waals surface area contributed by atoms with Crippen molar-refractivity contribution >= 4 is 21.8 Å². The predicted octanol–water partition coefficient (Wildman–Crippen LogP) is 2.75. The van der Waals surface area contributed by atoms with E-state index in [2.05, 4.69) is 28.1 Å². The molecule has 1 heterocycles. The van der Waals surface area contributed by atoms with Gasteiger partial charge in [0.05, 0.1) is 12.0 Å². The number of amides is 1. The molecule has 4 heteroatoms. The fourth-order valence-electron chi connectivity index (χ4n) is 2.18. The molecule has 94 valence electrons. The molecule has 0 spiro atoms. The molecule has 0 saturated carbocycles. The van der Waals surface area contributed by atoms with Gasteiger partial charge in [-0.2, -0.15) is 5.26 Å². The van der Waals surface area contributed by atoms with Crippen LogP contribution in [0.5, 0.6) is 0 Å². The highest BCUT2D eigenvalue weighted by molar-refractivity contribution is 9.10. The van der Waals surface area contributed by atoms with E-state index < -0.39 is 0 Å². The van der Waals surface area contributed by atoms with Gasteiger partial charge in [0, 0.05) is 24.0 Å². The van der Waals surface area contributed by atoms with Gasteiger partial charge in [-0.05, 0) is 24.5 Å². The lowest BCUT2D eigenvalue weighted by atomic mass is 9.97. The van der Waals surface area contributed by atoms with Crippen LogP contribution in [0.4, 0.5) is 0 Å². The number of nitriles is 1. The Morgan fingerprint density at radius 1 is 1.44 bits per heavy atom. The van der Waals surface area contributed by atoms with Crippen LogP contribution in [0.15, 0.2) is 28.7 Å². The third-order valence-corrected chi connectivity index (χ3v) is 4.09. The first-order valence-corrected chi connectivity index (χ1v) is 6.91. The lowest BCUT2D eigenvalue weighted by Crippen LogP contribution is -2.39. The fourth-order valence-corrected chi connectivity index (χ4v) is 2.66. The zero-order chi connectivity index (χ0) is 13.0. The number of hydrogen-bond donors (Lipinski definition) is 0. The van der Waals surface area contributed by atoms with Gasteiger partial charge in [0.15, 0.2) is 0 Å². The van der Waals surface area contributed by atoms with Gasteiger partial charge in [-0.3, -0.25) is 4.79 Å². The molecule has 1 aromatic rings. The van der Waals surface area contributed by atoms with E-state index in [1.54, 1.807) is 0 Å². The molecule has 1 aliphatic rings. The van der Waals surface area contributed by atoms with Crippen molar-refractivity contribution in [1.29, 1.82) is 5.26 Å². The van der Waals surface area contributed by atoms with Crippen LogP contribution in [0.25, 0.3) is 0 Å². The summed E-state index contributed by atoms with van der Waals surface area (Å²) in [4.78, 5) is 13.7. The van der Waals surface area contributed by atoms with Crippen LogP contribution in [-0.2, 0) is 11.2 Å². The number of halogens is 1. The van der Waals surface area contributed by atoms with Crippen LogP contribution in [0.3, 0.4) is 0 Å². The topological polar surface area (TPSA) is 44.1 Å². The quantitative estimate of drug-likeness (QED) is 0.862. The van der Waals surface area contributed by atoms with E-state index in [-0.39, 0.29) is 11.8 Å². The van der Waals surface area contributed by atoms with E-state index in [1.807, 2.05) is 23.1 Å². The van der Waals surface area contributed by atoms with Crippen LogP contribution >= 0.6 is 15.9 Å². The molecule has 0 bridgehead atoms. The summed E-state index contributed by atoms with van der Waals surface area (Å²) in [6, 6.07) is 10.2. The van der Waals surface area contributed by atoms with Crippen molar-refractivity contribution in [2.24, 2.45) is 5.92 Å². The Morgan fingerprint density at radius 3 is 2.89 bits per heavy atom. The summed E-state index contributed by atoms with van der Waals surface area (Å²) in [6.07, 6.45) is 2.04. The Labute approximate surface area is 116 Å². The summed E-state index contributed by atoms with van der Waals surface area (Å²) in [5.41, 5.74) is 1.22. The Morgan fingerprint density at radius 2 is 2.22 bits per heavy atom. The zero-order valence-corrected chi connectivity index (χ0v) is 11.7. The van der Waals surface area contributed by atoms with Crippen molar-refractivity contribution in [3.05, 3.63) is 34.3 Å². The molecule has 1 fully saturated rings. The van der Waals surface area contributed by atoms with Gasteiger partial charge in [-0.25, -0.2) is 0 Å². The third-order valence-electron chi connectivity index (χ3n) is 3.31. The maximum absolute atomic E-state index is 11.8. The van der Waals surface area contributed by atoms with Crippen molar-refractivity contribution in [2.45, 2.75) is 19.3 Å². The first kappa shape index (κ1) is 13.1. The lowest BCUT2D eigenvalue weighted by molar-refractivity contribution is -0.134. The van der Waals surface area contributed by atoms with E-state index in [0.717, 1.165) is 23.9 Å². The van der Waals surface area contributed by atoms with Crippen molar-refractivity contribution < 1.29 is 4.79 Å². The summed E-state index contributed by atoms with van der Waals surface area (Å²) in [5.74, 6) is 0.0251. The van der Waals surface area contributed by atoms with Crippen LogP contribution in [-0.4, -0.2) is 23.9 Å². The number of carbonyl (C=O) groups excluding carboxylic acids is 1. The molecule has 2 rings (SSSR count). The molecular weight excluding hydrogens is 292 g/mol. The lowest BCUT2D eigenvalue weighted by Gasteiger charge is -2.29. The first-order chi connectivity index (χ1) is 8.70. The van der Waals surface area contributed by atoms with Gasteiger partial charge in [-0.15, -0.1) is 0 Å². The normalized spacial score (nSPS) is 19.7. The molecule has 1 unspecified atom stereocenters. The first-order valence-electron chi connectivity index (χ1n) is 6.11. The number of piperidine rings is 1. The Kier molecular flexibility index (Phi) is 4.38. The van der Waals surface area contributed by atoms with Crippen molar-refractivity contribution in [1.82, 2.24) is 4.90 Å². The van der Waals surface area contributed by atoms with Crippen LogP contribution in [0.1, 0.15) is 18.4 Å². The average Bonchev–Trinajstić information content (AvgIpc) is 2.39.